The van der Waals surface area contributed by atoms with Gasteiger partial charge in [-0.3, -0.25) is 0 Å². The van der Waals surface area contributed by atoms with Gasteiger partial charge in [0.2, 0.25) is 0 Å². The van der Waals surface area contributed by atoms with Crippen LogP contribution in [0, 0.1) is 6.92 Å². The van der Waals surface area contributed by atoms with Crippen molar-refractivity contribution in [3.8, 4) is 0 Å². The van der Waals surface area contributed by atoms with Crippen molar-refractivity contribution >= 4 is 16.9 Å². The van der Waals surface area contributed by atoms with Gasteiger partial charge in [-0.05, 0) is 18.9 Å². The summed E-state index contributed by atoms with van der Waals surface area (Å²) in [5.41, 5.74) is 3.34. The van der Waals surface area contributed by atoms with Crippen molar-refractivity contribution in [2.45, 2.75) is 26.8 Å². The van der Waals surface area contributed by atoms with Crippen LogP contribution in [-0.4, -0.2) is 26.3 Å². The Bertz CT molecular complexity index is 747. The Morgan fingerprint density at radius 3 is 2.95 bits per heavy atom. The van der Waals surface area contributed by atoms with E-state index in [1.54, 1.807) is 6.33 Å². The molecule has 21 heavy (non-hydrogen) atoms. The summed E-state index contributed by atoms with van der Waals surface area (Å²) < 4.78 is 1.92. The minimum atomic E-state index is 0.718. The van der Waals surface area contributed by atoms with E-state index >= 15 is 0 Å². The second kappa shape index (κ2) is 5.91. The lowest BCUT2D eigenvalue weighted by molar-refractivity contribution is 0.703. The number of nitrogens with one attached hydrogen (secondary N) is 1. The lowest BCUT2D eigenvalue weighted by Crippen LogP contribution is -2.05. The second-order valence-corrected chi connectivity index (χ2v) is 5.18. The van der Waals surface area contributed by atoms with Gasteiger partial charge in [0.1, 0.15) is 12.1 Å². The van der Waals surface area contributed by atoms with Crippen LogP contribution in [0.2, 0.25) is 0 Å². The fraction of sp³-hybridized carbons (Fsp3) is 0.312. The summed E-state index contributed by atoms with van der Waals surface area (Å²) in [4.78, 5) is 8.68. The second-order valence-electron chi connectivity index (χ2n) is 5.18. The highest BCUT2D eigenvalue weighted by atomic mass is 15.3. The molecule has 0 aliphatic rings. The summed E-state index contributed by atoms with van der Waals surface area (Å²) in [6, 6.07) is 8.45. The Kier molecular flexibility index (Phi) is 3.81. The zero-order chi connectivity index (χ0) is 14.7. The van der Waals surface area contributed by atoms with E-state index in [0.29, 0.717) is 0 Å². The van der Waals surface area contributed by atoms with Crippen LogP contribution in [0.4, 0.5) is 5.82 Å². The molecular weight excluding hydrogens is 262 g/mol. The number of aryl methyl sites for hydroxylation is 1. The molecule has 1 aromatic carbocycles. The lowest BCUT2D eigenvalue weighted by atomic mass is 10.1. The summed E-state index contributed by atoms with van der Waals surface area (Å²) in [6.45, 7) is 5.84. The fourth-order valence-electron chi connectivity index (χ4n) is 2.38. The van der Waals surface area contributed by atoms with Crippen LogP contribution in [-0.2, 0) is 6.54 Å². The number of benzene rings is 1. The predicted octanol–water partition coefficient (Wildman–Crippen LogP) is 3.00. The minimum Gasteiger partial charge on any atom is -0.369 e. The summed E-state index contributed by atoms with van der Waals surface area (Å²) >= 11 is 0. The Morgan fingerprint density at radius 1 is 1.24 bits per heavy atom. The molecule has 0 aliphatic heterocycles. The van der Waals surface area contributed by atoms with Crippen LogP contribution in [0.3, 0.4) is 0 Å². The predicted molar refractivity (Wildman–Crippen MR) is 84.4 cm³/mol. The molecule has 0 bridgehead atoms. The van der Waals surface area contributed by atoms with Crippen LogP contribution in [0.1, 0.15) is 24.5 Å². The van der Waals surface area contributed by atoms with Gasteiger partial charge in [-0.15, -0.1) is 0 Å². The number of hydrogen-bond donors (Lipinski definition) is 1. The number of anilines is 1. The topological polar surface area (TPSA) is 55.6 Å². The van der Waals surface area contributed by atoms with Gasteiger partial charge in [0, 0.05) is 6.54 Å². The molecule has 0 saturated heterocycles. The van der Waals surface area contributed by atoms with E-state index in [2.05, 4.69) is 58.5 Å². The molecule has 2 aromatic heterocycles. The highest BCUT2D eigenvalue weighted by Crippen LogP contribution is 2.19. The highest BCUT2D eigenvalue weighted by Gasteiger charge is 2.09. The number of fused-ring (bicyclic) bond motifs is 1. The van der Waals surface area contributed by atoms with Crippen molar-refractivity contribution in [1.82, 2.24) is 19.7 Å². The Morgan fingerprint density at radius 2 is 2.14 bits per heavy atom. The van der Waals surface area contributed by atoms with Gasteiger partial charge in [0.05, 0.1) is 18.1 Å². The third-order valence-electron chi connectivity index (χ3n) is 3.39. The number of aromatic nitrogens is 4. The van der Waals surface area contributed by atoms with Gasteiger partial charge in [0.25, 0.3) is 0 Å². The normalized spacial score (nSPS) is 11.0. The van der Waals surface area contributed by atoms with Crippen molar-refractivity contribution in [3.05, 3.63) is 47.9 Å². The molecule has 0 radical (unpaired) electrons. The van der Waals surface area contributed by atoms with Crippen LogP contribution in [0.15, 0.2) is 36.8 Å². The number of nitrogens with zero attached hydrogens (tertiary/aromatic N) is 4. The van der Waals surface area contributed by atoms with Crippen molar-refractivity contribution in [1.29, 1.82) is 0 Å². The first kappa shape index (κ1) is 13.5. The average molecular weight is 281 g/mol. The molecule has 0 spiro atoms. The summed E-state index contributed by atoms with van der Waals surface area (Å²) in [5, 5.41) is 8.75. The van der Waals surface area contributed by atoms with E-state index in [0.717, 1.165) is 36.4 Å². The Balaban J connectivity index is 1.93. The molecule has 0 amide bonds. The largest absolute Gasteiger partial charge is 0.369 e. The van der Waals surface area contributed by atoms with E-state index in [4.69, 9.17) is 0 Å². The smallest absolute Gasteiger partial charge is 0.163 e. The summed E-state index contributed by atoms with van der Waals surface area (Å²) in [7, 11) is 0. The minimum absolute atomic E-state index is 0.718. The van der Waals surface area contributed by atoms with Crippen molar-refractivity contribution < 1.29 is 0 Å². The van der Waals surface area contributed by atoms with Crippen LogP contribution in [0.25, 0.3) is 11.0 Å². The monoisotopic (exact) mass is 281 g/mol. The number of hydrogen-bond acceptors (Lipinski definition) is 4. The van der Waals surface area contributed by atoms with E-state index in [-0.39, 0.29) is 0 Å². The molecule has 108 valence electrons. The molecular formula is C16H19N5. The lowest BCUT2D eigenvalue weighted by Gasteiger charge is -2.06. The van der Waals surface area contributed by atoms with Gasteiger partial charge in [-0.2, -0.15) is 5.10 Å². The van der Waals surface area contributed by atoms with E-state index in [9.17, 15) is 0 Å². The molecule has 2 heterocycles. The zero-order valence-electron chi connectivity index (χ0n) is 12.4. The van der Waals surface area contributed by atoms with E-state index in [1.807, 2.05) is 10.9 Å². The maximum atomic E-state index is 4.46. The molecule has 0 atom stereocenters. The average Bonchev–Trinajstić information content (AvgIpc) is 2.89. The first-order valence-electron chi connectivity index (χ1n) is 7.24. The zero-order valence-corrected chi connectivity index (χ0v) is 12.4. The molecule has 1 N–H and O–H groups in total. The van der Waals surface area contributed by atoms with E-state index in [1.165, 1.54) is 11.1 Å². The van der Waals surface area contributed by atoms with Crippen LogP contribution < -0.4 is 5.32 Å². The standard InChI is InChI=1S/C16H19N5/c1-3-7-17-15-14-9-20-21(16(14)19-11-18-15)10-13-6-4-5-12(2)8-13/h4-6,8-9,11H,3,7,10H2,1-2H3,(H,17,18,19). The van der Waals surface area contributed by atoms with Gasteiger partial charge in [0.15, 0.2) is 5.65 Å². The van der Waals surface area contributed by atoms with Gasteiger partial charge in [-0.1, -0.05) is 36.8 Å². The maximum Gasteiger partial charge on any atom is 0.163 e. The maximum absolute atomic E-state index is 4.46. The first-order chi connectivity index (χ1) is 10.3. The van der Waals surface area contributed by atoms with Gasteiger partial charge >= 0.3 is 0 Å². The van der Waals surface area contributed by atoms with Crippen molar-refractivity contribution in [2.75, 3.05) is 11.9 Å². The first-order valence-corrected chi connectivity index (χ1v) is 7.24. The molecule has 3 aromatic rings. The Labute approximate surface area is 124 Å². The quantitative estimate of drug-likeness (QED) is 0.781. The third kappa shape index (κ3) is 2.86. The van der Waals surface area contributed by atoms with Crippen LogP contribution >= 0.6 is 0 Å². The van der Waals surface area contributed by atoms with Gasteiger partial charge in [-0.25, -0.2) is 14.6 Å². The third-order valence-corrected chi connectivity index (χ3v) is 3.39. The van der Waals surface area contributed by atoms with E-state index < -0.39 is 0 Å². The van der Waals surface area contributed by atoms with Crippen molar-refractivity contribution in [3.63, 3.8) is 0 Å². The van der Waals surface area contributed by atoms with Crippen LogP contribution in [0.5, 0.6) is 0 Å². The molecule has 0 saturated carbocycles. The molecule has 0 unspecified atom stereocenters. The molecule has 0 aliphatic carbocycles. The fourth-order valence-corrected chi connectivity index (χ4v) is 2.38. The SMILES string of the molecule is CCCNc1ncnc2c1cnn2Cc1cccc(C)c1. The van der Waals surface area contributed by atoms with Crippen molar-refractivity contribution in [2.24, 2.45) is 0 Å². The highest BCUT2D eigenvalue weighted by molar-refractivity contribution is 5.86. The number of rotatable bonds is 5. The summed E-state index contributed by atoms with van der Waals surface area (Å²) in [6.07, 6.45) is 4.49. The molecule has 5 nitrogen and oxygen atoms in total. The molecule has 3 rings (SSSR count). The Hall–Kier alpha value is -2.43. The molecule has 5 heteroatoms. The summed E-state index contributed by atoms with van der Waals surface area (Å²) in [5.74, 6) is 0.859. The van der Waals surface area contributed by atoms with Gasteiger partial charge < -0.3 is 5.32 Å². The molecule has 0 fully saturated rings.